The van der Waals surface area contributed by atoms with Gasteiger partial charge in [0.05, 0.1) is 18.1 Å². The molecule has 0 saturated carbocycles. The molecule has 0 spiro atoms. The molecule has 1 aromatic heterocycles. The molecule has 1 rings (SSSR count). The largest absolute Gasteiger partial charge is 0.463 e. The van der Waals surface area contributed by atoms with Crippen LogP contribution in [0.25, 0.3) is 6.08 Å². The Hall–Kier alpha value is -1.89. The quantitative estimate of drug-likeness (QED) is 0.643. The van der Waals surface area contributed by atoms with Gasteiger partial charge in [0.15, 0.2) is 10.8 Å². The van der Waals surface area contributed by atoms with Crippen molar-refractivity contribution in [3.63, 3.8) is 0 Å². The van der Waals surface area contributed by atoms with Gasteiger partial charge in [-0.05, 0) is 19.9 Å². The SMILES string of the molecule is CCOC(=O)C=Cc1sc(N)nc1C(=O)OCC. The smallest absolute Gasteiger partial charge is 0.358 e. The number of anilines is 1. The highest BCUT2D eigenvalue weighted by atomic mass is 32.1. The van der Waals surface area contributed by atoms with Crippen molar-refractivity contribution in [1.29, 1.82) is 0 Å². The maximum absolute atomic E-state index is 11.6. The number of hydrogen-bond donors (Lipinski definition) is 1. The number of nitrogens with two attached hydrogens (primary N) is 1. The molecule has 0 amide bonds. The number of hydrogen-bond acceptors (Lipinski definition) is 7. The van der Waals surface area contributed by atoms with E-state index in [4.69, 9.17) is 15.2 Å². The van der Waals surface area contributed by atoms with Gasteiger partial charge >= 0.3 is 11.9 Å². The van der Waals surface area contributed by atoms with Crippen LogP contribution in [0.2, 0.25) is 0 Å². The molecular weight excluding hydrogens is 256 g/mol. The molecule has 0 fully saturated rings. The Morgan fingerprint density at radius 1 is 1.33 bits per heavy atom. The van der Waals surface area contributed by atoms with Gasteiger partial charge in [-0.3, -0.25) is 0 Å². The molecule has 0 aliphatic carbocycles. The molecule has 1 aromatic rings. The normalized spacial score (nSPS) is 10.6. The van der Waals surface area contributed by atoms with Crippen molar-refractivity contribution in [3.05, 3.63) is 16.6 Å². The Morgan fingerprint density at radius 3 is 2.61 bits per heavy atom. The summed E-state index contributed by atoms with van der Waals surface area (Å²) in [5.41, 5.74) is 5.64. The Labute approximate surface area is 108 Å². The van der Waals surface area contributed by atoms with E-state index in [0.29, 0.717) is 11.5 Å². The average Bonchev–Trinajstić information content (AvgIpc) is 2.69. The van der Waals surface area contributed by atoms with Crippen LogP contribution in [0.5, 0.6) is 0 Å². The molecule has 7 heteroatoms. The summed E-state index contributed by atoms with van der Waals surface area (Å²) >= 11 is 1.10. The maximum atomic E-state index is 11.6. The third kappa shape index (κ3) is 3.85. The predicted octanol–water partition coefficient (Wildman–Crippen LogP) is 1.48. The summed E-state index contributed by atoms with van der Waals surface area (Å²) in [4.78, 5) is 27.1. The van der Waals surface area contributed by atoms with Crippen molar-refractivity contribution in [1.82, 2.24) is 4.98 Å². The summed E-state index contributed by atoms with van der Waals surface area (Å²) in [6.45, 7) is 3.94. The first kappa shape index (κ1) is 14.2. The van der Waals surface area contributed by atoms with Crippen molar-refractivity contribution < 1.29 is 19.1 Å². The van der Waals surface area contributed by atoms with Crippen LogP contribution in [0.4, 0.5) is 5.13 Å². The lowest BCUT2D eigenvalue weighted by atomic mass is 10.3. The standard InChI is InChI=1S/C11H14N2O4S/c1-3-16-8(14)6-5-7-9(10(15)17-4-2)13-11(12)18-7/h5-6H,3-4H2,1-2H3,(H2,12,13). The number of rotatable bonds is 5. The Bertz CT molecular complexity index is 468. The molecule has 0 aliphatic heterocycles. The highest BCUT2D eigenvalue weighted by molar-refractivity contribution is 7.16. The summed E-state index contributed by atoms with van der Waals surface area (Å²) < 4.78 is 9.57. The molecule has 18 heavy (non-hydrogen) atoms. The van der Waals surface area contributed by atoms with Gasteiger partial charge in [0.2, 0.25) is 0 Å². The third-order valence-electron chi connectivity index (χ3n) is 1.80. The molecule has 0 radical (unpaired) electrons. The number of esters is 2. The average molecular weight is 270 g/mol. The van der Waals surface area contributed by atoms with E-state index in [2.05, 4.69) is 4.98 Å². The number of carbonyl (C=O) groups excluding carboxylic acids is 2. The highest BCUT2D eigenvalue weighted by Crippen LogP contribution is 2.22. The minimum atomic E-state index is -0.561. The minimum Gasteiger partial charge on any atom is -0.463 e. The lowest BCUT2D eigenvalue weighted by molar-refractivity contribution is -0.137. The summed E-state index contributed by atoms with van der Waals surface area (Å²) in [6, 6.07) is 0. The molecule has 6 nitrogen and oxygen atoms in total. The summed E-state index contributed by atoms with van der Waals surface area (Å²) in [5.74, 6) is -1.05. The molecule has 0 aromatic carbocycles. The first-order chi connectivity index (χ1) is 8.58. The molecule has 2 N–H and O–H groups in total. The monoisotopic (exact) mass is 270 g/mol. The predicted molar refractivity (Wildman–Crippen MR) is 68.1 cm³/mol. The van der Waals surface area contributed by atoms with Gasteiger partial charge in [-0.25, -0.2) is 14.6 Å². The van der Waals surface area contributed by atoms with E-state index >= 15 is 0 Å². The molecule has 0 saturated heterocycles. The zero-order valence-electron chi connectivity index (χ0n) is 10.1. The summed E-state index contributed by atoms with van der Waals surface area (Å²) in [7, 11) is 0. The van der Waals surface area contributed by atoms with Gasteiger partial charge in [0.1, 0.15) is 0 Å². The van der Waals surface area contributed by atoms with E-state index in [1.165, 1.54) is 12.2 Å². The van der Waals surface area contributed by atoms with Crippen LogP contribution >= 0.6 is 11.3 Å². The second-order valence-electron chi connectivity index (χ2n) is 3.07. The highest BCUT2D eigenvalue weighted by Gasteiger charge is 2.16. The zero-order chi connectivity index (χ0) is 13.5. The summed E-state index contributed by atoms with van der Waals surface area (Å²) in [5, 5.41) is 0.238. The number of ether oxygens (including phenoxy) is 2. The minimum absolute atomic E-state index is 0.111. The van der Waals surface area contributed by atoms with E-state index in [1.54, 1.807) is 13.8 Å². The van der Waals surface area contributed by atoms with Crippen molar-refractivity contribution >= 4 is 34.5 Å². The number of nitrogen functional groups attached to an aromatic ring is 1. The maximum Gasteiger partial charge on any atom is 0.358 e. The number of aromatic nitrogens is 1. The van der Waals surface area contributed by atoms with E-state index in [0.717, 1.165) is 11.3 Å². The lowest BCUT2D eigenvalue weighted by Crippen LogP contribution is -2.07. The topological polar surface area (TPSA) is 91.5 Å². The second kappa shape index (κ2) is 6.75. The lowest BCUT2D eigenvalue weighted by Gasteiger charge is -1.98. The molecule has 0 aliphatic rings. The van der Waals surface area contributed by atoms with Gasteiger partial charge in [-0.2, -0.15) is 0 Å². The first-order valence-corrected chi connectivity index (χ1v) is 6.18. The summed E-state index contributed by atoms with van der Waals surface area (Å²) in [6.07, 6.45) is 2.66. The van der Waals surface area contributed by atoms with Gasteiger partial charge in [0, 0.05) is 6.08 Å². The van der Waals surface area contributed by atoms with Crippen LogP contribution in [-0.2, 0) is 14.3 Å². The van der Waals surface area contributed by atoms with Crippen molar-refractivity contribution in [2.24, 2.45) is 0 Å². The van der Waals surface area contributed by atoms with Crippen LogP contribution in [0.3, 0.4) is 0 Å². The van der Waals surface area contributed by atoms with E-state index in [9.17, 15) is 9.59 Å². The van der Waals surface area contributed by atoms with E-state index in [1.807, 2.05) is 0 Å². The fourth-order valence-corrected chi connectivity index (χ4v) is 1.87. The van der Waals surface area contributed by atoms with E-state index < -0.39 is 11.9 Å². The Balaban J connectivity index is 2.88. The number of nitrogens with zero attached hydrogens (tertiary/aromatic N) is 1. The Kier molecular flexibility index (Phi) is 5.31. The molecule has 98 valence electrons. The van der Waals surface area contributed by atoms with Crippen LogP contribution in [0.15, 0.2) is 6.08 Å². The first-order valence-electron chi connectivity index (χ1n) is 5.36. The molecular formula is C11H14N2O4S. The second-order valence-corrected chi connectivity index (χ2v) is 4.13. The fourth-order valence-electron chi connectivity index (χ4n) is 1.14. The number of carbonyl (C=O) groups is 2. The third-order valence-corrected chi connectivity index (χ3v) is 2.65. The van der Waals surface area contributed by atoms with E-state index in [-0.39, 0.29) is 17.4 Å². The van der Waals surface area contributed by atoms with Crippen LogP contribution in [0, 0.1) is 0 Å². The van der Waals surface area contributed by atoms with Crippen LogP contribution < -0.4 is 5.73 Å². The van der Waals surface area contributed by atoms with Gasteiger partial charge in [-0.1, -0.05) is 11.3 Å². The van der Waals surface area contributed by atoms with Crippen molar-refractivity contribution in [2.75, 3.05) is 18.9 Å². The fraction of sp³-hybridized carbons (Fsp3) is 0.364. The van der Waals surface area contributed by atoms with Crippen LogP contribution in [0.1, 0.15) is 29.2 Å². The van der Waals surface area contributed by atoms with Crippen molar-refractivity contribution in [3.8, 4) is 0 Å². The number of thiazole rings is 1. The molecule has 0 atom stereocenters. The van der Waals surface area contributed by atoms with Crippen molar-refractivity contribution in [2.45, 2.75) is 13.8 Å². The molecule has 1 heterocycles. The molecule has 0 unspecified atom stereocenters. The van der Waals surface area contributed by atoms with Gasteiger partial charge in [-0.15, -0.1) is 0 Å². The molecule has 0 bridgehead atoms. The van der Waals surface area contributed by atoms with Gasteiger partial charge < -0.3 is 15.2 Å². The zero-order valence-corrected chi connectivity index (χ0v) is 11.0. The Morgan fingerprint density at radius 2 is 2.00 bits per heavy atom. The van der Waals surface area contributed by atoms with Crippen LogP contribution in [-0.4, -0.2) is 30.1 Å². The van der Waals surface area contributed by atoms with Gasteiger partial charge in [0.25, 0.3) is 0 Å².